The minimum Gasteiger partial charge on any atom is -0.410 e. The van der Waals surface area contributed by atoms with E-state index in [1.54, 1.807) is 0 Å². The van der Waals surface area contributed by atoms with Gasteiger partial charge in [-0.25, -0.2) is 0 Å². The predicted molar refractivity (Wildman–Crippen MR) is 165 cm³/mol. The third-order valence-corrected chi connectivity index (χ3v) is 13.2. The van der Waals surface area contributed by atoms with Gasteiger partial charge in [0.15, 0.2) is 8.32 Å². The molecule has 1 heterocycles. The molecule has 0 saturated heterocycles. The van der Waals surface area contributed by atoms with Crippen LogP contribution in [0.4, 0.5) is 0 Å². The Morgan fingerprint density at radius 2 is 1.63 bits per heavy atom. The van der Waals surface area contributed by atoms with E-state index in [2.05, 4.69) is 120 Å². The summed E-state index contributed by atoms with van der Waals surface area (Å²) in [6.45, 7) is 33.7. The minimum absolute atomic E-state index is 0.0595. The Hall–Kier alpha value is -1.75. The lowest BCUT2D eigenvalue weighted by atomic mass is 9.71. The second-order valence-electron chi connectivity index (χ2n) is 15.3. The molecular formula is C34H53NO2Si. The molecule has 0 aliphatic heterocycles. The molecule has 0 amide bonds. The first kappa shape index (κ1) is 30.8. The topological polar surface area (TPSA) is 42.4 Å². The van der Waals surface area contributed by atoms with Crippen LogP contribution in [0.2, 0.25) is 18.1 Å². The van der Waals surface area contributed by atoms with Crippen LogP contribution in [-0.2, 0) is 16.3 Å². The number of hydrogen-bond donors (Lipinski definition) is 1. The van der Waals surface area contributed by atoms with E-state index in [0.29, 0.717) is 0 Å². The molecule has 1 unspecified atom stereocenters. The van der Waals surface area contributed by atoms with Crippen molar-refractivity contribution in [2.24, 2.45) is 5.41 Å². The van der Waals surface area contributed by atoms with E-state index < -0.39 is 14.4 Å². The van der Waals surface area contributed by atoms with E-state index in [1.165, 1.54) is 5.56 Å². The molecule has 0 fully saturated rings. The lowest BCUT2D eigenvalue weighted by Crippen LogP contribution is -2.44. The number of fused-ring (bicyclic) bond motifs is 1. The highest BCUT2D eigenvalue weighted by Gasteiger charge is 2.44. The van der Waals surface area contributed by atoms with Gasteiger partial charge in [-0.15, -0.1) is 0 Å². The molecule has 3 nitrogen and oxygen atoms in total. The van der Waals surface area contributed by atoms with Crippen molar-refractivity contribution in [2.75, 3.05) is 0 Å². The number of pyridine rings is 1. The Kier molecular flexibility index (Phi) is 8.37. The second kappa shape index (κ2) is 10.3. The molecule has 3 rings (SSSR count). The first-order chi connectivity index (χ1) is 17.2. The molecule has 4 heteroatoms. The highest BCUT2D eigenvalue weighted by molar-refractivity contribution is 6.74. The maximum absolute atomic E-state index is 12.0. The van der Waals surface area contributed by atoms with Crippen LogP contribution in [-0.4, -0.2) is 18.4 Å². The van der Waals surface area contributed by atoms with Crippen molar-refractivity contribution in [3.63, 3.8) is 0 Å². The van der Waals surface area contributed by atoms with Crippen LogP contribution in [0.25, 0.3) is 5.57 Å². The molecule has 2 atom stereocenters. The third kappa shape index (κ3) is 6.18. The normalized spacial score (nSPS) is 18.9. The van der Waals surface area contributed by atoms with Gasteiger partial charge in [-0.05, 0) is 71.3 Å². The van der Waals surface area contributed by atoms with Crippen LogP contribution in [0, 0.1) is 5.41 Å². The largest absolute Gasteiger partial charge is 0.410 e. The van der Waals surface area contributed by atoms with Gasteiger partial charge in [-0.2, -0.15) is 0 Å². The summed E-state index contributed by atoms with van der Waals surface area (Å²) in [4.78, 5) is 5.33. The molecule has 0 radical (unpaired) electrons. The summed E-state index contributed by atoms with van der Waals surface area (Å²) in [5.74, 6) is 0.168. The van der Waals surface area contributed by atoms with Crippen molar-refractivity contribution >= 4 is 13.9 Å². The standard InChI is InChI=1S/C34H53NO2Si/c1-21(2)27-28-25(19-34(11,12)20-26(28)37-38(13,14)33(8,9)10)35-30(22(3)4)29(27)31(36)23-15-17-24(18-16-23)32(5,6)7/h15-18,22,26,31,36H,1,19-20H2,2-14H3/t26-,31?/m0/s1. The van der Waals surface area contributed by atoms with Gasteiger partial charge < -0.3 is 9.53 Å². The van der Waals surface area contributed by atoms with Gasteiger partial charge >= 0.3 is 0 Å². The van der Waals surface area contributed by atoms with Crippen molar-refractivity contribution in [2.45, 2.75) is 131 Å². The molecule has 0 spiro atoms. The lowest BCUT2D eigenvalue weighted by molar-refractivity contribution is 0.105. The summed E-state index contributed by atoms with van der Waals surface area (Å²) < 4.78 is 7.17. The number of aliphatic hydroxyl groups is 1. The Labute approximate surface area is 234 Å². The fourth-order valence-electron chi connectivity index (χ4n) is 5.44. The average molecular weight is 536 g/mol. The molecule has 0 bridgehead atoms. The summed E-state index contributed by atoms with van der Waals surface area (Å²) in [6, 6.07) is 8.44. The van der Waals surface area contributed by atoms with Gasteiger partial charge in [0, 0.05) is 22.5 Å². The highest BCUT2D eigenvalue weighted by atomic mass is 28.4. The van der Waals surface area contributed by atoms with E-state index in [9.17, 15) is 5.11 Å². The smallest absolute Gasteiger partial charge is 0.192 e. The molecule has 1 aromatic heterocycles. The number of allylic oxidation sites excluding steroid dienone is 1. The first-order valence-corrected chi connectivity index (χ1v) is 17.3. The maximum Gasteiger partial charge on any atom is 0.192 e. The molecular weight excluding hydrogens is 482 g/mol. The number of nitrogens with zero attached hydrogens (tertiary/aromatic N) is 1. The quantitative estimate of drug-likeness (QED) is 0.374. The Morgan fingerprint density at radius 3 is 2.08 bits per heavy atom. The molecule has 1 aliphatic carbocycles. The molecule has 1 aliphatic rings. The van der Waals surface area contributed by atoms with Crippen molar-refractivity contribution in [1.29, 1.82) is 0 Å². The monoisotopic (exact) mass is 535 g/mol. The number of aliphatic hydroxyl groups excluding tert-OH is 1. The van der Waals surface area contributed by atoms with Crippen LogP contribution < -0.4 is 0 Å². The van der Waals surface area contributed by atoms with Crippen molar-refractivity contribution < 1.29 is 9.53 Å². The molecule has 1 N–H and O–H groups in total. The van der Waals surface area contributed by atoms with Gasteiger partial charge in [0.1, 0.15) is 6.10 Å². The van der Waals surface area contributed by atoms with E-state index >= 15 is 0 Å². The Morgan fingerprint density at radius 1 is 1.08 bits per heavy atom. The molecule has 1 aromatic carbocycles. The summed E-state index contributed by atoms with van der Waals surface area (Å²) in [6.07, 6.45) is 0.987. The molecule has 0 saturated carbocycles. The highest BCUT2D eigenvalue weighted by Crippen LogP contribution is 2.51. The Balaban J connectivity index is 2.30. The first-order valence-electron chi connectivity index (χ1n) is 14.3. The zero-order valence-corrected chi connectivity index (χ0v) is 27.5. The Bertz CT molecular complexity index is 1180. The minimum atomic E-state index is -2.07. The summed E-state index contributed by atoms with van der Waals surface area (Å²) in [5, 5.41) is 12.1. The average Bonchev–Trinajstić information content (AvgIpc) is 2.74. The zero-order chi connectivity index (χ0) is 29.0. The van der Waals surface area contributed by atoms with Gasteiger partial charge in [0.05, 0.1) is 6.10 Å². The fourth-order valence-corrected chi connectivity index (χ4v) is 6.70. The van der Waals surface area contributed by atoms with Crippen LogP contribution >= 0.6 is 0 Å². The van der Waals surface area contributed by atoms with Gasteiger partial charge in [-0.1, -0.05) is 106 Å². The van der Waals surface area contributed by atoms with Crippen LogP contribution in [0.5, 0.6) is 0 Å². The van der Waals surface area contributed by atoms with Gasteiger partial charge in [-0.3, -0.25) is 4.98 Å². The maximum atomic E-state index is 12.0. The zero-order valence-electron chi connectivity index (χ0n) is 26.5. The number of hydrogen-bond acceptors (Lipinski definition) is 3. The number of benzene rings is 1. The SMILES string of the molecule is C=C(C)c1c(C(O)c2ccc(C(C)(C)C)cc2)c(C(C)C)nc2c1[C@@H](O[Si](C)(C)C(C)(C)C)CC(C)(C)C2. The molecule has 210 valence electrons. The van der Waals surface area contributed by atoms with Gasteiger partial charge in [0.2, 0.25) is 0 Å². The van der Waals surface area contributed by atoms with Crippen molar-refractivity contribution in [3.8, 4) is 0 Å². The molecule has 38 heavy (non-hydrogen) atoms. The van der Waals surface area contributed by atoms with E-state index in [-0.39, 0.29) is 27.9 Å². The van der Waals surface area contributed by atoms with Crippen molar-refractivity contribution in [3.05, 3.63) is 70.0 Å². The summed E-state index contributed by atoms with van der Waals surface area (Å²) >= 11 is 0. The lowest BCUT2D eigenvalue weighted by Gasteiger charge is -2.45. The van der Waals surface area contributed by atoms with Crippen LogP contribution in [0.1, 0.15) is 140 Å². The van der Waals surface area contributed by atoms with E-state index in [1.807, 2.05) is 0 Å². The summed E-state index contributed by atoms with van der Waals surface area (Å²) in [5.41, 5.74) is 8.46. The van der Waals surface area contributed by atoms with E-state index in [4.69, 9.17) is 9.41 Å². The van der Waals surface area contributed by atoms with Crippen LogP contribution in [0.3, 0.4) is 0 Å². The van der Waals surface area contributed by atoms with E-state index in [0.717, 1.165) is 52.1 Å². The van der Waals surface area contributed by atoms with Gasteiger partial charge in [0.25, 0.3) is 0 Å². The third-order valence-electron chi connectivity index (χ3n) is 8.67. The second-order valence-corrected chi connectivity index (χ2v) is 20.0. The predicted octanol–water partition coefficient (Wildman–Crippen LogP) is 9.65. The number of aromatic nitrogens is 1. The molecule has 2 aromatic rings. The van der Waals surface area contributed by atoms with Crippen molar-refractivity contribution in [1.82, 2.24) is 4.98 Å². The number of rotatable bonds is 6. The fraction of sp³-hybridized carbons (Fsp3) is 0.618. The summed E-state index contributed by atoms with van der Waals surface area (Å²) in [7, 11) is -2.07. The van der Waals surface area contributed by atoms with Crippen LogP contribution in [0.15, 0.2) is 30.8 Å².